The molecule has 1 aromatic rings. The fraction of sp³-hybridized carbons (Fsp3) is 0.385. The average Bonchev–Trinajstić information content (AvgIpc) is 2.27. The molecule has 1 atom stereocenters. The molecule has 0 heterocycles. The average molecular weight is 220 g/mol. The van der Waals surface area contributed by atoms with Crippen LogP contribution in [0.2, 0.25) is 0 Å². The molecule has 0 spiro atoms. The van der Waals surface area contributed by atoms with Gasteiger partial charge in [-0.15, -0.1) is 6.58 Å². The van der Waals surface area contributed by atoms with E-state index in [0.717, 1.165) is 25.2 Å². The van der Waals surface area contributed by atoms with Crippen LogP contribution in [-0.4, -0.2) is 24.2 Å². The van der Waals surface area contributed by atoms with Crippen molar-refractivity contribution < 1.29 is 5.11 Å². The van der Waals surface area contributed by atoms with Crippen molar-refractivity contribution in [3.05, 3.63) is 42.5 Å². The lowest BCUT2D eigenvalue weighted by atomic mass is 10.2. The second kappa shape index (κ2) is 7.04. The van der Waals surface area contributed by atoms with Gasteiger partial charge in [-0.1, -0.05) is 18.2 Å². The maximum atomic E-state index is 9.30. The van der Waals surface area contributed by atoms with Crippen LogP contribution in [0.15, 0.2) is 36.9 Å². The summed E-state index contributed by atoms with van der Waals surface area (Å²) in [5.74, 6) is 0.316. The Morgan fingerprint density at radius 2 is 2.31 bits per heavy atom. The van der Waals surface area contributed by atoms with Crippen molar-refractivity contribution in [1.29, 1.82) is 0 Å². The van der Waals surface area contributed by atoms with Crippen molar-refractivity contribution >= 4 is 0 Å². The van der Waals surface area contributed by atoms with Crippen molar-refractivity contribution in [2.45, 2.75) is 19.5 Å². The third-order valence-corrected chi connectivity index (χ3v) is 2.30. The molecular formula is C13H20N2O. The van der Waals surface area contributed by atoms with Crippen LogP contribution >= 0.6 is 0 Å². The maximum absolute atomic E-state index is 9.30. The smallest absolute Gasteiger partial charge is 0.115 e. The van der Waals surface area contributed by atoms with Gasteiger partial charge in [0, 0.05) is 25.7 Å². The molecule has 0 amide bonds. The Kier molecular flexibility index (Phi) is 5.61. The summed E-state index contributed by atoms with van der Waals surface area (Å²) in [6, 6.07) is 7.70. The molecular weight excluding hydrogens is 200 g/mol. The first-order chi connectivity index (χ1) is 7.72. The summed E-state index contributed by atoms with van der Waals surface area (Å²) >= 11 is 0. The third kappa shape index (κ3) is 4.96. The van der Waals surface area contributed by atoms with E-state index in [1.54, 1.807) is 12.1 Å². The van der Waals surface area contributed by atoms with Gasteiger partial charge in [-0.05, 0) is 24.6 Å². The maximum Gasteiger partial charge on any atom is 0.115 e. The van der Waals surface area contributed by atoms with Crippen molar-refractivity contribution in [2.75, 3.05) is 13.1 Å². The van der Waals surface area contributed by atoms with Crippen LogP contribution in [0, 0.1) is 0 Å². The lowest BCUT2D eigenvalue weighted by molar-refractivity contribution is 0.472. The van der Waals surface area contributed by atoms with E-state index in [4.69, 9.17) is 0 Å². The highest BCUT2D eigenvalue weighted by Crippen LogP contribution is 2.10. The SMILES string of the molecule is C=CCNCC(C)NCc1cccc(O)c1. The molecule has 1 aromatic carbocycles. The number of rotatable bonds is 7. The largest absolute Gasteiger partial charge is 0.508 e. The van der Waals surface area contributed by atoms with E-state index in [1.165, 1.54) is 0 Å². The van der Waals surface area contributed by atoms with Crippen LogP contribution in [0.3, 0.4) is 0 Å². The van der Waals surface area contributed by atoms with Gasteiger partial charge in [-0.25, -0.2) is 0 Å². The number of benzene rings is 1. The van der Waals surface area contributed by atoms with E-state index < -0.39 is 0 Å². The fourth-order valence-corrected chi connectivity index (χ4v) is 1.43. The van der Waals surface area contributed by atoms with Gasteiger partial charge in [0.2, 0.25) is 0 Å². The predicted octanol–water partition coefficient (Wildman–Crippen LogP) is 1.65. The number of phenols is 1. The van der Waals surface area contributed by atoms with Gasteiger partial charge >= 0.3 is 0 Å². The fourth-order valence-electron chi connectivity index (χ4n) is 1.43. The van der Waals surface area contributed by atoms with Gasteiger partial charge in [-0.3, -0.25) is 0 Å². The van der Waals surface area contributed by atoms with Crippen LogP contribution in [0.1, 0.15) is 12.5 Å². The zero-order valence-electron chi connectivity index (χ0n) is 9.74. The molecule has 0 aliphatic carbocycles. The van der Waals surface area contributed by atoms with Crippen LogP contribution < -0.4 is 10.6 Å². The summed E-state index contributed by atoms with van der Waals surface area (Å²) in [5.41, 5.74) is 1.09. The molecule has 1 rings (SSSR count). The predicted molar refractivity (Wildman–Crippen MR) is 67.5 cm³/mol. The van der Waals surface area contributed by atoms with Gasteiger partial charge in [-0.2, -0.15) is 0 Å². The minimum absolute atomic E-state index is 0.316. The molecule has 0 fully saturated rings. The molecule has 1 unspecified atom stereocenters. The lowest BCUT2D eigenvalue weighted by Crippen LogP contribution is -2.35. The highest BCUT2D eigenvalue weighted by Gasteiger charge is 2.00. The highest BCUT2D eigenvalue weighted by molar-refractivity contribution is 5.26. The molecule has 3 N–H and O–H groups in total. The summed E-state index contributed by atoms with van der Waals surface area (Å²) in [4.78, 5) is 0. The van der Waals surface area contributed by atoms with E-state index in [2.05, 4.69) is 24.1 Å². The number of aromatic hydroxyl groups is 1. The monoisotopic (exact) mass is 220 g/mol. The highest BCUT2D eigenvalue weighted by atomic mass is 16.3. The Balaban J connectivity index is 2.25. The Labute approximate surface area is 97.2 Å². The molecule has 0 radical (unpaired) electrons. The topological polar surface area (TPSA) is 44.3 Å². The minimum atomic E-state index is 0.316. The molecule has 3 heteroatoms. The van der Waals surface area contributed by atoms with Crippen LogP contribution in [0.25, 0.3) is 0 Å². The molecule has 0 saturated heterocycles. The van der Waals surface area contributed by atoms with E-state index in [1.807, 2.05) is 18.2 Å². The molecule has 16 heavy (non-hydrogen) atoms. The normalized spacial score (nSPS) is 12.3. The summed E-state index contributed by atoms with van der Waals surface area (Å²) in [6.07, 6.45) is 1.85. The molecule has 0 aliphatic rings. The van der Waals surface area contributed by atoms with Gasteiger partial charge in [0.25, 0.3) is 0 Å². The van der Waals surface area contributed by atoms with Crippen molar-refractivity contribution in [2.24, 2.45) is 0 Å². The zero-order chi connectivity index (χ0) is 11.8. The second-order valence-corrected chi connectivity index (χ2v) is 3.90. The number of nitrogens with one attached hydrogen (secondary N) is 2. The summed E-state index contributed by atoms with van der Waals surface area (Å²) in [7, 11) is 0. The number of hydrogen-bond donors (Lipinski definition) is 3. The van der Waals surface area contributed by atoms with Crippen LogP contribution in [0.4, 0.5) is 0 Å². The molecule has 0 aromatic heterocycles. The van der Waals surface area contributed by atoms with Crippen molar-refractivity contribution in [3.8, 4) is 5.75 Å². The molecule has 0 bridgehead atoms. The first kappa shape index (κ1) is 12.7. The van der Waals surface area contributed by atoms with Gasteiger partial charge < -0.3 is 15.7 Å². The van der Waals surface area contributed by atoms with E-state index >= 15 is 0 Å². The second-order valence-electron chi connectivity index (χ2n) is 3.90. The summed E-state index contributed by atoms with van der Waals surface area (Å²) < 4.78 is 0. The Morgan fingerprint density at radius 3 is 3.00 bits per heavy atom. The first-order valence-corrected chi connectivity index (χ1v) is 5.55. The molecule has 0 saturated carbocycles. The Bertz CT molecular complexity index is 325. The Morgan fingerprint density at radius 1 is 1.50 bits per heavy atom. The van der Waals surface area contributed by atoms with Gasteiger partial charge in [0.1, 0.15) is 5.75 Å². The van der Waals surface area contributed by atoms with Crippen molar-refractivity contribution in [3.63, 3.8) is 0 Å². The summed E-state index contributed by atoms with van der Waals surface area (Å²) in [5, 5.41) is 15.9. The number of hydrogen-bond acceptors (Lipinski definition) is 3. The quantitative estimate of drug-likeness (QED) is 0.483. The van der Waals surface area contributed by atoms with Gasteiger partial charge in [0.15, 0.2) is 0 Å². The standard InChI is InChI=1S/C13H20N2O/c1-3-7-14-9-11(2)15-10-12-5-4-6-13(16)8-12/h3-6,8,11,14-16H,1,7,9-10H2,2H3. The van der Waals surface area contributed by atoms with E-state index in [-0.39, 0.29) is 0 Å². The van der Waals surface area contributed by atoms with Crippen molar-refractivity contribution in [1.82, 2.24) is 10.6 Å². The van der Waals surface area contributed by atoms with Gasteiger partial charge in [0.05, 0.1) is 0 Å². The van der Waals surface area contributed by atoms with Crippen LogP contribution in [0.5, 0.6) is 5.75 Å². The Hall–Kier alpha value is -1.32. The third-order valence-electron chi connectivity index (χ3n) is 2.30. The molecule has 3 nitrogen and oxygen atoms in total. The first-order valence-electron chi connectivity index (χ1n) is 5.55. The lowest BCUT2D eigenvalue weighted by Gasteiger charge is -2.14. The number of phenolic OH excluding ortho intramolecular Hbond substituents is 1. The minimum Gasteiger partial charge on any atom is -0.508 e. The summed E-state index contributed by atoms with van der Waals surface area (Å²) in [6.45, 7) is 8.28. The van der Waals surface area contributed by atoms with Crippen LogP contribution in [-0.2, 0) is 6.54 Å². The van der Waals surface area contributed by atoms with E-state index in [0.29, 0.717) is 11.8 Å². The molecule has 88 valence electrons. The van der Waals surface area contributed by atoms with E-state index in [9.17, 15) is 5.11 Å². The zero-order valence-corrected chi connectivity index (χ0v) is 9.74. The molecule has 0 aliphatic heterocycles.